The van der Waals surface area contributed by atoms with Gasteiger partial charge in [0.1, 0.15) is 6.61 Å². The Labute approximate surface area is 141 Å². The number of carbonyl (C=O) groups is 1. The van der Waals surface area contributed by atoms with E-state index < -0.39 is 0 Å². The fraction of sp³-hybridized carbons (Fsp3) is 0.412. The highest BCUT2D eigenvalue weighted by atomic mass is 16.6. The molecular formula is C17H22N4O3. The van der Waals surface area contributed by atoms with Crippen LogP contribution in [0.25, 0.3) is 0 Å². The Bertz CT molecular complexity index is 701. The number of urea groups is 1. The Balaban J connectivity index is 1.43. The highest BCUT2D eigenvalue weighted by molar-refractivity contribution is 5.73. The van der Waals surface area contributed by atoms with Gasteiger partial charge in [0.05, 0.1) is 12.7 Å². The van der Waals surface area contributed by atoms with E-state index in [2.05, 4.69) is 10.4 Å². The van der Waals surface area contributed by atoms with Crippen LogP contribution in [0.3, 0.4) is 0 Å². The number of hydrogen-bond donors (Lipinski definition) is 1. The summed E-state index contributed by atoms with van der Waals surface area (Å²) in [6.45, 7) is 1.47. The second-order valence-corrected chi connectivity index (χ2v) is 5.88. The van der Waals surface area contributed by atoms with Gasteiger partial charge in [-0.25, -0.2) is 4.79 Å². The summed E-state index contributed by atoms with van der Waals surface area (Å²) in [4.78, 5) is 13.8. The van der Waals surface area contributed by atoms with Crippen molar-refractivity contribution in [2.24, 2.45) is 7.05 Å². The molecule has 2 amide bonds. The number of carbonyl (C=O) groups excluding carboxylic acids is 1. The van der Waals surface area contributed by atoms with E-state index in [4.69, 9.17) is 9.47 Å². The smallest absolute Gasteiger partial charge is 0.317 e. The molecule has 2 heterocycles. The first-order valence-electron chi connectivity index (χ1n) is 7.97. The maximum Gasteiger partial charge on any atom is 0.317 e. The zero-order chi connectivity index (χ0) is 16.9. The van der Waals surface area contributed by atoms with E-state index in [0.29, 0.717) is 19.7 Å². The molecule has 7 heteroatoms. The minimum atomic E-state index is -0.172. The molecule has 0 saturated carbocycles. The molecule has 0 aliphatic carbocycles. The van der Waals surface area contributed by atoms with Crippen molar-refractivity contribution < 1.29 is 14.3 Å². The summed E-state index contributed by atoms with van der Waals surface area (Å²) in [5.74, 6) is 1.47. The van der Waals surface area contributed by atoms with Gasteiger partial charge >= 0.3 is 6.03 Å². The fourth-order valence-electron chi connectivity index (χ4n) is 2.59. The average molecular weight is 330 g/mol. The minimum absolute atomic E-state index is 0.124. The molecule has 1 aliphatic heterocycles. The van der Waals surface area contributed by atoms with E-state index in [1.54, 1.807) is 22.8 Å². The van der Waals surface area contributed by atoms with Crippen LogP contribution in [0.15, 0.2) is 36.7 Å². The molecule has 1 aromatic carbocycles. The predicted octanol–water partition coefficient (Wildman–Crippen LogP) is 1.44. The molecule has 128 valence electrons. The maximum atomic E-state index is 12.2. The largest absolute Gasteiger partial charge is 0.486 e. The molecule has 0 unspecified atom stereocenters. The third-order valence-corrected chi connectivity index (χ3v) is 3.84. The number of aromatic nitrogens is 2. The van der Waals surface area contributed by atoms with Crippen LogP contribution in [-0.2, 0) is 13.5 Å². The first-order chi connectivity index (χ1) is 11.6. The number of nitrogens with one attached hydrogen (secondary N) is 1. The molecule has 2 aromatic rings. The number of nitrogens with zero attached hydrogens (tertiary/aromatic N) is 3. The van der Waals surface area contributed by atoms with Crippen molar-refractivity contribution in [3.05, 3.63) is 42.2 Å². The number of ether oxygens (including phenoxy) is 2. The van der Waals surface area contributed by atoms with Crippen molar-refractivity contribution in [3.63, 3.8) is 0 Å². The molecule has 0 bridgehead atoms. The SMILES string of the molecule is CN(C[C@@H]1COc2ccccc2O1)C(=O)NCCc1cnn(C)c1. The summed E-state index contributed by atoms with van der Waals surface area (Å²) in [6.07, 6.45) is 4.33. The molecule has 0 fully saturated rings. The zero-order valence-electron chi connectivity index (χ0n) is 13.9. The standard InChI is InChI=1S/C17H22N4O3/c1-20(17(22)18-8-7-13-9-19-21(2)10-13)11-14-12-23-15-5-3-4-6-16(15)24-14/h3-6,9-10,14H,7-8,11-12H2,1-2H3,(H,18,22)/t14-/m1/s1. The van der Waals surface area contributed by atoms with Crippen molar-refractivity contribution in [2.45, 2.75) is 12.5 Å². The van der Waals surface area contributed by atoms with Crippen LogP contribution in [0, 0.1) is 0 Å². The van der Waals surface area contributed by atoms with Gasteiger partial charge in [-0.3, -0.25) is 4.68 Å². The molecule has 24 heavy (non-hydrogen) atoms. The summed E-state index contributed by atoms with van der Waals surface area (Å²) in [6, 6.07) is 7.43. The second-order valence-electron chi connectivity index (χ2n) is 5.88. The molecular weight excluding hydrogens is 308 g/mol. The first-order valence-corrected chi connectivity index (χ1v) is 7.97. The minimum Gasteiger partial charge on any atom is -0.486 e. The lowest BCUT2D eigenvalue weighted by Gasteiger charge is -2.29. The lowest BCUT2D eigenvalue weighted by Crippen LogP contribution is -2.45. The summed E-state index contributed by atoms with van der Waals surface area (Å²) in [5, 5.41) is 7.01. The van der Waals surface area contributed by atoms with Crippen LogP contribution in [0.2, 0.25) is 0 Å². The first kappa shape index (κ1) is 16.2. The third-order valence-electron chi connectivity index (χ3n) is 3.84. The van der Waals surface area contributed by atoms with Gasteiger partial charge in [-0.2, -0.15) is 5.10 Å². The summed E-state index contributed by atoms with van der Waals surface area (Å²) in [5.41, 5.74) is 1.10. The molecule has 1 aromatic heterocycles. The highest BCUT2D eigenvalue weighted by Crippen LogP contribution is 2.30. The van der Waals surface area contributed by atoms with Gasteiger partial charge in [0.2, 0.25) is 0 Å². The Morgan fingerprint density at radius 3 is 2.96 bits per heavy atom. The van der Waals surface area contributed by atoms with Gasteiger partial charge in [-0.15, -0.1) is 0 Å². The van der Waals surface area contributed by atoms with E-state index in [1.807, 2.05) is 37.5 Å². The van der Waals surface area contributed by atoms with Crippen LogP contribution >= 0.6 is 0 Å². The molecule has 0 radical (unpaired) electrons. The molecule has 0 spiro atoms. The van der Waals surface area contributed by atoms with Crippen LogP contribution in [-0.4, -0.2) is 53.6 Å². The Kier molecular flexibility index (Phi) is 4.88. The number of benzene rings is 1. The third kappa shape index (κ3) is 3.98. The molecule has 1 N–H and O–H groups in total. The van der Waals surface area contributed by atoms with E-state index in [0.717, 1.165) is 23.5 Å². The summed E-state index contributed by atoms with van der Waals surface area (Å²) < 4.78 is 13.3. The van der Waals surface area contributed by atoms with Crippen LogP contribution < -0.4 is 14.8 Å². The van der Waals surface area contributed by atoms with Crippen molar-refractivity contribution in [1.29, 1.82) is 0 Å². The van der Waals surface area contributed by atoms with Gasteiger partial charge in [-0.05, 0) is 24.1 Å². The number of para-hydroxylation sites is 2. The highest BCUT2D eigenvalue weighted by Gasteiger charge is 2.23. The van der Waals surface area contributed by atoms with Gasteiger partial charge in [0.15, 0.2) is 17.6 Å². The monoisotopic (exact) mass is 330 g/mol. The summed E-state index contributed by atoms with van der Waals surface area (Å²) >= 11 is 0. The number of hydrogen-bond acceptors (Lipinski definition) is 4. The van der Waals surface area contributed by atoms with Gasteiger partial charge in [0, 0.05) is 26.8 Å². The normalized spacial score (nSPS) is 15.8. The number of aryl methyl sites for hydroxylation is 1. The quantitative estimate of drug-likeness (QED) is 0.901. The van der Waals surface area contributed by atoms with Crippen LogP contribution in [0.5, 0.6) is 11.5 Å². The van der Waals surface area contributed by atoms with Crippen molar-refractivity contribution in [2.75, 3.05) is 26.7 Å². The van der Waals surface area contributed by atoms with Crippen molar-refractivity contribution >= 4 is 6.03 Å². The van der Waals surface area contributed by atoms with E-state index in [1.165, 1.54) is 0 Å². The van der Waals surface area contributed by atoms with Crippen LogP contribution in [0.4, 0.5) is 4.79 Å². The van der Waals surface area contributed by atoms with E-state index >= 15 is 0 Å². The number of likely N-dealkylation sites (N-methyl/N-ethyl adjacent to an activating group) is 1. The Hall–Kier alpha value is -2.70. The molecule has 1 atom stereocenters. The second kappa shape index (κ2) is 7.25. The fourth-order valence-corrected chi connectivity index (χ4v) is 2.59. The summed E-state index contributed by atoms with van der Waals surface area (Å²) in [7, 11) is 3.63. The predicted molar refractivity (Wildman–Crippen MR) is 89.3 cm³/mol. The molecule has 0 saturated heterocycles. The topological polar surface area (TPSA) is 68.6 Å². The van der Waals surface area contributed by atoms with E-state index in [-0.39, 0.29) is 12.1 Å². The zero-order valence-corrected chi connectivity index (χ0v) is 13.9. The number of amides is 2. The number of rotatable bonds is 5. The van der Waals surface area contributed by atoms with Gasteiger partial charge in [-0.1, -0.05) is 12.1 Å². The Morgan fingerprint density at radius 2 is 2.21 bits per heavy atom. The van der Waals surface area contributed by atoms with Crippen LogP contribution in [0.1, 0.15) is 5.56 Å². The average Bonchev–Trinajstić information content (AvgIpc) is 3.00. The molecule has 3 rings (SSSR count). The number of fused-ring (bicyclic) bond motifs is 1. The van der Waals surface area contributed by atoms with E-state index in [9.17, 15) is 4.79 Å². The lowest BCUT2D eigenvalue weighted by molar-refractivity contribution is 0.0716. The Morgan fingerprint density at radius 1 is 1.42 bits per heavy atom. The lowest BCUT2D eigenvalue weighted by atomic mass is 10.2. The van der Waals surface area contributed by atoms with Gasteiger partial charge < -0.3 is 19.7 Å². The maximum absolute atomic E-state index is 12.2. The van der Waals surface area contributed by atoms with Crippen molar-refractivity contribution in [3.8, 4) is 11.5 Å². The van der Waals surface area contributed by atoms with Gasteiger partial charge in [0.25, 0.3) is 0 Å². The van der Waals surface area contributed by atoms with Crippen molar-refractivity contribution in [1.82, 2.24) is 20.0 Å². The molecule has 1 aliphatic rings. The molecule has 7 nitrogen and oxygen atoms in total.